The molecule has 0 amide bonds. The monoisotopic (exact) mass is 354 g/mol. The summed E-state index contributed by atoms with van der Waals surface area (Å²) < 4.78 is 6.73. The Kier molecular flexibility index (Phi) is 8.67. The van der Waals surface area contributed by atoms with E-state index in [2.05, 4.69) is 67.6 Å². The highest BCUT2D eigenvalue weighted by atomic mass is 28.4. The number of hydrogen-bond donors (Lipinski definition) is 1. The fourth-order valence-corrected chi connectivity index (χ4v) is 3.63. The Morgan fingerprint density at radius 2 is 1.71 bits per heavy atom. The van der Waals surface area contributed by atoms with Crippen molar-refractivity contribution in [1.82, 2.24) is 0 Å². The number of carboxylic acid groups (broad SMARTS) is 1. The van der Waals surface area contributed by atoms with Crippen molar-refractivity contribution in [3.05, 3.63) is 23.3 Å². The third kappa shape index (κ3) is 6.56. The molecule has 3 atom stereocenters. The van der Waals surface area contributed by atoms with Gasteiger partial charge in [-0.05, 0) is 62.7 Å². The van der Waals surface area contributed by atoms with Gasteiger partial charge in [0.05, 0.1) is 6.10 Å². The zero-order valence-corrected chi connectivity index (χ0v) is 18.4. The van der Waals surface area contributed by atoms with Crippen LogP contribution in [0.5, 0.6) is 0 Å². The fraction of sp³-hybridized carbons (Fsp3) is 0.750. The summed E-state index contributed by atoms with van der Waals surface area (Å²) in [5.41, 5.74) is 1.68. The van der Waals surface area contributed by atoms with E-state index in [1.807, 2.05) is 6.08 Å². The smallest absolute Gasteiger partial charge is 0.330 e. The van der Waals surface area contributed by atoms with Crippen LogP contribution < -0.4 is 0 Å². The number of carbonyl (C=O) groups is 1. The second-order valence-corrected chi connectivity index (χ2v) is 13.4. The quantitative estimate of drug-likeness (QED) is 0.328. The standard InChI is InChI=1S/C20H38O3Si/c1-11-14(2)18(23-24(9,10)20(6,7)8)17(5)15(3)12-13-16(4)19(21)22/h11,13,15,17-18H,12H2,1-10H3,(H,21,22)/b14-11+,16-13+/t15-,17-,18+/m0/s1. The SMILES string of the molecule is C/C=C(\C)[C@@H](O[Si](C)(C)C(C)(C)C)[C@@H](C)[C@@H](C)C/C=C(\C)C(=O)O. The number of carboxylic acids is 1. The van der Waals surface area contributed by atoms with Gasteiger partial charge in [0.25, 0.3) is 0 Å². The highest BCUT2D eigenvalue weighted by Crippen LogP contribution is 2.40. The maximum absolute atomic E-state index is 11.0. The summed E-state index contributed by atoms with van der Waals surface area (Å²) in [4.78, 5) is 11.0. The Balaban J connectivity index is 5.33. The minimum atomic E-state index is -1.87. The average Bonchev–Trinajstić information content (AvgIpc) is 2.46. The Labute approximate surface area is 150 Å². The van der Waals surface area contributed by atoms with Gasteiger partial charge >= 0.3 is 5.97 Å². The second kappa shape index (κ2) is 9.00. The third-order valence-electron chi connectivity index (χ3n) is 5.64. The summed E-state index contributed by atoms with van der Waals surface area (Å²) in [6.45, 7) is 21.6. The summed E-state index contributed by atoms with van der Waals surface area (Å²) in [7, 11) is -1.87. The minimum absolute atomic E-state index is 0.0874. The number of hydrogen-bond acceptors (Lipinski definition) is 2. The molecule has 24 heavy (non-hydrogen) atoms. The van der Waals surface area contributed by atoms with Crippen molar-refractivity contribution < 1.29 is 14.3 Å². The van der Waals surface area contributed by atoms with Crippen LogP contribution in [-0.4, -0.2) is 25.5 Å². The van der Waals surface area contributed by atoms with Crippen LogP contribution in [0.1, 0.15) is 61.8 Å². The van der Waals surface area contributed by atoms with Crippen LogP contribution in [0, 0.1) is 11.8 Å². The van der Waals surface area contributed by atoms with E-state index in [9.17, 15) is 4.79 Å². The van der Waals surface area contributed by atoms with E-state index < -0.39 is 14.3 Å². The van der Waals surface area contributed by atoms with Crippen LogP contribution >= 0.6 is 0 Å². The van der Waals surface area contributed by atoms with Crippen LogP contribution in [0.3, 0.4) is 0 Å². The van der Waals surface area contributed by atoms with Gasteiger partial charge in [-0.3, -0.25) is 0 Å². The Morgan fingerprint density at radius 3 is 2.08 bits per heavy atom. The molecule has 0 bridgehead atoms. The van der Waals surface area contributed by atoms with Gasteiger partial charge in [-0.25, -0.2) is 4.79 Å². The van der Waals surface area contributed by atoms with Gasteiger partial charge in [-0.2, -0.15) is 0 Å². The van der Waals surface area contributed by atoms with Crippen molar-refractivity contribution >= 4 is 14.3 Å². The molecule has 4 heteroatoms. The van der Waals surface area contributed by atoms with Crippen LogP contribution in [-0.2, 0) is 9.22 Å². The molecule has 0 aliphatic heterocycles. The molecule has 0 fully saturated rings. The predicted octanol–water partition coefficient (Wildman–Crippen LogP) is 6.04. The number of aliphatic carboxylic acids is 1. The van der Waals surface area contributed by atoms with E-state index >= 15 is 0 Å². The molecule has 0 heterocycles. The van der Waals surface area contributed by atoms with Crippen molar-refractivity contribution in [2.45, 2.75) is 86.0 Å². The molecule has 0 saturated heterocycles. The highest BCUT2D eigenvalue weighted by molar-refractivity contribution is 6.74. The molecular weight excluding hydrogens is 316 g/mol. The van der Waals surface area contributed by atoms with Gasteiger partial charge in [0.1, 0.15) is 0 Å². The van der Waals surface area contributed by atoms with Crippen LogP contribution in [0.2, 0.25) is 18.1 Å². The average molecular weight is 355 g/mol. The van der Waals surface area contributed by atoms with E-state index in [1.54, 1.807) is 6.92 Å². The lowest BCUT2D eigenvalue weighted by atomic mass is 9.85. The van der Waals surface area contributed by atoms with Gasteiger partial charge in [-0.15, -0.1) is 0 Å². The first-order valence-corrected chi connectivity index (χ1v) is 11.9. The lowest BCUT2D eigenvalue weighted by molar-refractivity contribution is -0.132. The van der Waals surface area contributed by atoms with Crippen molar-refractivity contribution in [3.63, 3.8) is 0 Å². The van der Waals surface area contributed by atoms with Crippen molar-refractivity contribution in [1.29, 1.82) is 0 Å². The van der Waals surface area contributed by atoms with Gasteiger partial charge in [0.2, 0.25) is 0 Å². The molecule has 0 rings (SSSR count). The number of rotatable bonds is 8. The fourth-order valence-electron chi connectivity index (χ4n) is 2.24. The largest absolute Gasteiger partial charge is 0.478 e. The lowest BCUT2D eigenvalue weighted by Gasteiger charge is -2.42. The Bertz CT molecular complexity index is 484. The summed E-state index contributed by atoms with van der Waals surface area (Å²) in [6, 6.07) is 0. The first-order valence-electron chi connectivity index (χ1n) is 8.95. The first-order chi connectivity index (χ1) is 10.7. The molecule has 1 N–H and O–H groups in total. The van der Waals surface area contributed by atoms with E-state index in [-0.39, 0.29) is 11.1 Å². The van der Waals surface area contributed by atoms with E-state index in [0.29, 0.717) is 17.4 Å². The van der Waals surface area contributed by atoms with Crippen molar-refractivity contribution in [2.75, 3.05) is 0 Å². The third-order valence-corrected chi connectivity index (χ3v) is 10.1. The summed E-state index contributed by atoms with van der Waals surface area (Å²) >= 11 is 0. The molecular formula is C20H38O3Si. The zero-order valence-electron chi connectivity index (χ0n) is 17.4. The van der Waals surface area contributed by atoms with Crippen molar-refractivity contribution in [2.24, 2.45) is 11.8 Å². The molecule has 140 valence electrons. The summed E-state index contributed by atoms with van der Waals surface area (Å²) in [5.74, 6) is -0.161. The summed E-state index contributed by atoms with van der Waals surface area (Å²) in [5, 5.41) is 9.18. The molecule has 3 nitrogen and oxygen atoms in total. The van der Waals surface area contributed by atoms with Gasteiger partial charge in [0.15, 0.2) is 8.32 Å². The second-order valence-electron chi connectivity index (χ2n) is 8.60. The normalized spacial score (nSPS) is 18.2. The van der Waals surface area contributed by atoms with E-state index in [1.165, 1.54) is 5.57 Å². The zero-order chi connectivity index (χ0) is 19.3. The molecule has 0 aliphatic rings. The van der Waals surface area contributed by atoms with Gasteiger partial charge in [-0.1, -0.05) is 46.8 Å². The Hall–Kier alpha value is -0.873. The number of allylic oxidation sites excluding steroid dienone is 2. The maximum Gasteiger partial charge on any atom is 0.330 e. The molecule has 0 radical (unpaired) electrons. The van der Waals surface area contributed by atoms with Crippen LogP contribution in [0.4, 0.5) is 0 Å². The first kappa shape index (κ1) is 23.1. The molecule has 0 aromatic rings. The molecule has 0 aromatic carbocycles. The Morgan fingerprint density at radius 1 is 1.21 bits per heavy atom. The van der Waals surface area contributed by atoms with E-state index in [0.717, 1.165) is 6.42 Å². The topological polar surface area (TPSA) is 46.5 Å². The summed E-state index contributed by atoms with van der Waals surface area (Å²) in [6.07, 6.45) is 4.81. The van der Waals surface area contributed by atoms with Crippen LogP contribution in [0.25, 0.3) is 0 Å². The molecule has 0 spiro atoms. The minimum Gasteiger partial charge on any atom is -0.478 e. The molecule has 0 aliphatic carbocycles. The molecule has 0 unspecified atom stereocenters. The van der Waals surface area contributed by atoms with Crippen LogP contribution in [0.15, 0.2) is 23.3 Å². The van der Waals surface area contributed by atoms with E-state index in [4.69, 9.17) is 9.53 Å². The molecule has 0 aromatic heterocycles. The lowest BCUT2D eigenvalue weighted by Crippen LogP contribution is -2.46. The predicted molar refractivity (Wildman–Crippen MR) is 106 cm³/mol. The van der Waals surface area contributed by atoms with Gasteiger partial charge < -0.3 is 9.53 Å². The van der Waals surface area contributed by atoms with Gasteiger partial charge in [0, 0.05) is 5.57 Å². The maximum atomic E-state index is 11.0. The molecule has 0 saturated carbocycles. The highest BCUT2D eigenvalue weighted by Gasteiger charge is 2.41. The van der Waals surface area contributed by atoms with Crippen molar-refractivity contribution in [3.8, 4) is 0 Å².